The van der Waals surface area contributed by atoms with E-state index in [4.69, 9.17) is 16.7 Å². The van der Waals surface area contributed by atoms with Crippen molar-refractivity contribution in [2.75, 3.05) is 18.4 Å². The number of rotatable bonds is 6. The fourth-order valence-corrected chi connectivity index (χ4v) is 3.53. The third kappa shape index (κ3) is 5.19. The highest BCUT2D eigenvalue weighted by Crippen LogP contribution is 2.27. The Hall–Kier alpha value is -3.12. The van der Waals surface area contributed by atoms with Crippen molar-refractivity contribution in [3.8, 4) is 5.69 Å². The van der Waals surface area contributed by atoms with Gasteiger partial charge in [0.15, 0.2) is 0 Å². The Kier molecular flexibility index (Phi) is 7.04. The van der Waals surface area contributed by atoms with Gasteiger partial charge < -0.3 is 10.2 Å². The highest BCUT2D eigenvalue weighted by atomic mass is 35.5. The number of carbonyl (C=O) groups is 2. The number of para-hydroxylation sites is 1. The van der Waals surface area contributed by atoms with Crippen LogP contribution in [0.2, 0.25) is 5.02 Å². The maximum Gasteiger partial charge on any atom is 0.255 e. The number of likely N-dealkylation sites (N-methyl/N-ethyl adjacent to an activating group) is 1. The Bertz CT molecular complexity index is 1130. The van der Waals surface area contributed by atoms with Crippen molar-refractivity contribution in [1.82, 2.24) is 14.7 Å². The van der Waals surface area contributed by atoms with Crippen LogP contribution in [0.5, 0.6) is 0 Å². The minimum Gasteiger partial charge on any atom is -0.330 e. The molecule has 0 fully saturated rings. The molecule has 0 aliphatic carbocycles. The summed E-state index contributed by atoms with van der Waals surface area (Å²) >= 11 is 6.18. The number of nitrogens with one attached hydrogen (secondary N) is 1. The molecule has 0 radical (unpaired) electrons. The highest BCUT2D eigenvalue weighted by molar-refractivity contribution is 6.33. The maximum absolute atomic E-state index is 13.0. The van der Waals surface area contributed by atoms with Gasteiger partial charge >= 0.3 is 0 Å². The summed E-state index contributed by atoms with van der Waals surface area (Å²) in [5, 5.41) is 8.08. The molecule has 2 amide bonds. The van der Waals surface area contributed by atoms with Crippen molar-refractivity contribution < 1.29 is 9.59 Å². The number of amides is 2. The lowest BCUT2D eigenvalue weighted by molar-refractivity contribution is -0.116. The first kappa shape index (κ1) is 23.5. The fraction of sp³-hybridized carbons (Fsp3) is 0.320. The van der Waals surface area contributed by atoms with E-state index in [1.54, 1.807) is 28.9 Å². The summed E-state index contributed by atoms with van der Waals surface area (Å²) in [6.07, 6.45) is 0. The quantitative estimate of drug-likeness (QED) is 0.556. The Labute approximate surface area is 194 Å². The van der Waals surface area contributed by atoms with E-state index in [0.717, 1.165) is 16.9 Å². The maximum atomic E-state index is 13.0. The van der Waals surface area contributed by atoms with Gasteiger partial charge in [-0.25, -0.2) is 4.68 Å². The van der Waals surface area contributed by atoms with Gasteiger partial charge in [-0.15, -0.1) is 0 Å². The third-order valence-electron chi connectivity index (χ3n) is 5.20. The standard InChI is InChI=1S/C25H29ClN4O2/c1-6-29(24(32)18-12-8-9-13-19(18)26)16-23(31)27-22-15-21(25(3,4)5)28-30(22)20-14-10-7-11-17(20)2/h7-15H,6,16H2,1-5H3,(H,27,31). The molecule has 1 N–H and O–H groups in total. The van der Waals surface area contributed by atoms with Crippen LogP contribution in [0.4, 0.5) is 5.82 Å². The van der Waals surface area contributed by atoms with E-state index >= 15 is 0 Å². The molecular weight excluding hydrogens is 424 g/mol. The zero-order valence-corrected chi connectivity index (χ0v) is 19.9. The van der Waals surface area contributed by atoms with Gasteiger partial charge in [0, 0.05) is 18.0 Å². The topological polar surface area (TPSA) is 67.2 Å². The molecule has 0 spiro atoms. The molecule has 0 saturated carbocycles. The number of hydrogen-bond acceptors (Lipinski definition) is 3. The molecule has 7 heteroatoms. The number of halogens is 1. The van der Waals surface area contributed by atoms with Gasteiger partial charge in [-0.1, -0.05) is 62.7 Å². The fourth-order valence-electron chi connectivity index (χ4n) is 3.31. The number of nitrogens with zero attached hydrogens (tertiary/aromatic N) is 3. The second kappa shape index (κ2) is 9.57. The molecule has 0 aliphatic rings. The van der Waals surface area contributed by atoms with Crippen LogP contribution in [0, 0.1) is 6.92 Å². The second-order valence-electron chi connectivity index (χ2n) is 8.71. The number of anilines is 1. The molecule has 6 nitrogen and oxygen atoms in total. The first-order chi connectivity index (χ1) is 15.1. The summed E-state index contributed by atoms with van der Waals surface area (Å²) in [5.41, 5.74) is 2.97. The number of benzene rings is 2. The van der Waals surface area contributed by atoms with Gasteiger partial charge in [-0.3, -0.25) is 9.59 Å². The average molecular weight is 453 g/mol. The molecule has 0 atom stereocenters. The molecule has 3 aromatic rings. The van der Waals surface area contributed by atoms with Crippen molar-refractivity contribution in [3.63, 3.8) is 0 Å². The van der Waals surface area contributed by atoms with Gasteiger partial charge in [0.05, 0.1) is 22.0 Å². The molecule has 0 bridgehead atoms. The van der Waals surface area contributed by atoms with Crippen molar-refractivity contribution in [1.29, 1.82) is 0 Å². The van der Waals surface area contributed by atoms with Crippen LogP contribution in [-0.2, 0) is 10.2 Å². The Morgan fingerprint density at radius 2 is 1.75 bits per heavy atom. The van der Waals surface area contributed by atoms with Crippen molar-refractivity contribution in [2.45, 2.75) is 40.0 Å². The normalized spacial score (nSPS) is 11.3. The lowest BCUT2D eigenvalue weighted by Gasteiger charge is -2.21. The molecule has 168 valence electrons. The van der Waals surface area contributed by atoms with Crippen molar-refractivity contribution in [3.05, 3.63) is 76.4 Å². The minimum atomic E-state index is -0.303. The first-order valence-corrected chi connectivity index (χ1v) is 11.0. The summed E-state index contributed by atoms with van der Waals surface area (Å²) in [5.74, 6) is -0.0195. The van der Waals surface area contributed by atoms with Crippen LogP contribution in [0.15, 0.2) is 54.6 Å². The predicted octanol–water partition coefficient (Wildman–Crippen LogP) is 5.23. The Balaban J connectivity index is 1.87. The molecule has 0 saturated heterocycles. The molecule has 0 aliphatic heterocycles. The van der Waals surface area contributed by atoms with E-state index in [1.807, 2.05) is 44.2 Å². The summed E-state index contributed by atoms with van der Waals surface area (Å²) in [7, 11) is 0. The smallest absolute Gasteiger partial charge is 0.255 e. The number of aryl methyl sites for hydroxylation is 1. The van der Waals surface area contributed by atoms with Gasteiger partial charge in [0.2, 0.25) is 5.91 Å². The van der Waals surface area contributed by atoms with Gasteiger partial charge in [0.1, 0.15) is 12.4 Å². The van der Waals surface area contributed by atoms with E-state index in [0.29, 0.717) is 22.9 Å². The molecule has 3 rings (SSSR count). The molecular formula is C25H29ClN4O2. The van der Waals surface area contributed by atoms with E-state index in [1.165, 1.54) is 4.90 Å². The Morgan fingerprint density at radius 1 is 1.09 bits per heavy atom. The third-order valence-corrected chi connectivity index (χ3v) is 5.53. The summed E-state index contributed by atoms with van der Waals surface area (Å²) < 4.78 is 1.75. The second-order valence-corrected chi connectivity index (χ2v) is 9.12. The van der Waals surface area contributed by atoms with Gasteiger partial charge in [-0.2, -0.15) is 5.10 Å². The van der Waals surface area contributed by atoms with E-state index in [9.17, 15) is 9.59 Å². The van der Waals surface area contributed by atoms with Crippen molar-refractivity contribution in [2.24, 2.45) is 0 Å². The Morgan fingerprint density at radius 3 is 2.38 bits per heavy atom. The lowest BCUT2D eigenvalue weighted by Crippen LogP contribution is -2.38. The van der Waals surface area contributed by atoms with E-state index in [2.05, 4.69) is 26.1 Å². The minimum absolute atomic E-state index is 0.0929. The summed E-state index contributed by atoms with van der Waals surface area (Å²) in [4.78, 5) is 27.3. The average Bonchev–Trinajstić information content (AvgIpc) is 3.16. The van der Waals surface area contributed by atoms with E-state index < -0.39 is 0 Å². The predicted molar refractivity (Wildman–Crippen MR) is 129 cm³/mol. The summed E-state index contributed by atoms with van der Waals surface area (Å²) in [6, 6.07) is 16.6. The van der Waals surface area contributed by atoms with Crippen LogP contribution >= 0.6 is 11.6 Å². The van der Waals surface area contributed by atoms with Crippen LogP contribution in [0.1, 0.15) is 49.3 Å². The molecule has 2 aromatic carbocycles. The van der Waals surface area contributed by atoms with E-state index in [-0.39, 0.29) is 23.8 Å². The largest absolute Gasteiger partial charge is 0.330 e. The number of aromatic nitrogens is 2. The summed E-state index contributed by atoms with van der Waals surface area (Å²) in [6.45, 7) is 10.3. The van der Waals surface area contributed by atoms with Crippen LogP contribution < -0.4 is 5.32 Å². The molecule has 0 unspecified atom stereocenters. The first-order valence-electron chi connectivity index (χ1n) is 10.6. The molecule has 1 heterocycles. The molecule has 1 aromatic heterocycles. The number of carbonyl (C=O) groups excluding carboxylic acids is 2. The van der Waals surface area contributed by atoms with Gasteiger partial charge in [0.25, 0.3) is 5.91 Å². The van der Waals surface area contributed by atoms with Crippen molar-refractivity contribution >= 4 is 29.2 Å². The van der Waals surface area contributed by atoms with Crippen LogP contribution in [-0.4, -0.2) is 39.6 Å². The lowest BCUT2D eigenvalue weighted by atomic mass is 9.92. The zero-order chi connectivity index (χ0) is 23.5. The van der Waals surface area contributed by atoms with Crippen LogP contribution in [0.3, 0.4) is 0 Å². The molecule has 32 heavy (non-hydrogen) atoms. The monoisotopic (exact) mass is 452 g/mol. The number of hydrogen-bond donors (Lipinski definition) is 1. The SMILES string of the molecule is CCN(CC(=O)Nc1cc(C(C)(C)C)nn1-c1ccccc1C)C(=O)c1ccccc1Cl. The van der Waals surface area contributed by atoms with Crippen LogP contribution in [0.25, 0.3) is 5.69 Å². The zero-order valence-electron chi connectivity index (χ0n) is 19.1. The van der Waals surface area contributed by atoms with Gasteiger partial charge in [-0.05, 0) is 37.6 Å². The highest BCUT2D eigenvalue weighted by Gasteiger charge is 2.24.